The number of halogens is 3. The SMILES string of the molecule is CCC(=O)N1CCN(c2ccc(Cl)cc2NC(=S)NC(=O)c2sc3cc(Cl)ccc3c2Cl)CC1. The molecule has 4 rings (SSSR count). The second kappa shape index (κ2) is 10.7. The molecule has 3 aromatic rings. The number of amides is 2. The quantitative estimate of drug-likeness (QED) is 0.384. The molecule has 0 aliphatic carbocycles. The highest BCUT2D eigenvalue weighted by Gasteiger charge is 2.23. The lowest BCUT2D eigenvalue weighted by molar-refractivity contribution is -0.131. The summed E-state index contributed by atoms with van der Waals surface area (Å²) in [5, 5.41) is 8.14. The number of piperazine rings is 1. The second-order valence-electron chi connectivity index (χ2n) is 7.68. The Balaban J connectivity index is 1.47. The number of carbonyl (C=O) groups is 2. The van der Waals surface area contributed by atoms with Crippen molar-refractivity contribution in [1.82, 2.24) is 10.2 Å². The van der Waals surface area contributed by atoms with Crippen molar-refractivity contribution < 1.29 is 9.59 Å². The summed E-state index contributed by atoms with van der Waals surface area (Å²) in [6.07, 6.45) is 0.499. The van der Waals surface area contributed by atoms with Gasteiger partial charge in [0.1, 0.15) is 4.88 Å². The molecule has 2 N–H and O–H groups in total. The Morgan fingerprint density at radius 1 is 1.03 bits per heavy atom. The van der Waals surface area contributed by atoms with E-state index < -0.39 is 5.91 Å². The molecule has 2 heterocycles. The maximum atomic E-state index is 12.9. The van der Waals surface area contributed by atoms with E-state index in [0.29, 0.717) is 58.2 Å². The van der Waals surface area contributed by atoms with E-state index in [0.717, 1.165) is 15.8 Å². The van der Waals surface area contributed by atoms with Gasteiger partial charge < -0.3 is 15.1 Å². The third-order valence-corrected chi connectivity index (χ3v) is 7.84. The van der Waals surface area contributed by atoms with Crippen LogP contribution in [0.5, 0.6) is 0 Å². The third-order valence-electron chi connectivity index (χ3n) is 5.51. The van der Waals surface area contributed by atoms with Gasteiger partial charge in [-0.2, -0.15) is 0 Å². The van der Waals surface area contributed by atoms with Crippen molar-refractivity contribution in [3.8, 4) is 0 Å². The Hall–Kier alpha value is -2.10. The molecule has 0 radical (unpaired) electrons. The zero-order valence-corrected chi connectivity index (χ0v) is 22.1. The van der Waals surface area contributed by atoms with Gasteiger partial charge in [-0.3, -0.25) is 14.9 Å². The summed E-state index contributed by atoms with van der Waals surface area (Å²) in [4.78, 5) is 29.3. The Morgan fingerprint density at radius 2 is 1.71 bits per heavy atom. The van der Waals surface area contributed by atoms with Crippen LogP contribution in [-0.2, 0) is 4.79 Å². The van der Waals surface area contributed by atoms with Crippen molar-refractivity contribution in [3.63, 3.8) is 0 Å². The molecule has 1 fully saturated rings. The van der Waals surface area contributed by atoms with Crippen molar-refractivity contribution in [3.05, 3.63) is 56.3 Å². The number of anilines is 2. The normalized spacial score (nSPS) is 13.8. The van der Waals surface area contributed by atoms with Crippen LogP contribution in [0.25, 0.3) is 10.1 Å². The maximum Gasteiger partial charge on any atom is 0.269 e. The molecular weight excluding hydrogens is 535 g/mol. The van der Waals surface area contributed by atoms with Gasteiger partial charge in [0.15, 0.2) is 5.11 Å². The molecule has 2 amide bonds. The van der Waals surface area contributed by atoms with Crippen LogP contribution in [0.3, 0.4) is 0 Å². The highest BCUT2D eigenvalue weighted by molar-refractivity contribution is 7.80. The molecule has 0 unspecified atom stereocenters. The van der Waals surface area contributed by atoms with Crippen LogP contribution in [0.2, 0.25) is 15.1 Å². The fraction of sp³-hybridized carbons (Fsp3) is 0.261. The van der Waals surface area contributed by atoms with E-state index in [2.05, 4.69) is 15.5 Å². The van der Waals surface area contributed by atoms with E-state index in [1.165, 1.54) is 11.3 Å². The molecule has 0 atom stereocenters. The van der Waals surface area contributed by atoms with Gasteiger partial charge in [-0.15, -0.1) is 11.3 Å². The fourth-order valence-corrected chi connectivity index (χ4v) is 5.87. The summed E-state index contributed by atoms with van der Waals surface area (Å²) in [6.45, 7) is 4.52. The number of benzene rings is 2. The van der Waals surface area contributed by atoms with Crippen LogP contribution in [0.15, 0.2) is 36.4 Å². The van der Waals surface area contributed by atoms with Crippen molar-refractivity contribution >= 4 is 96.7 Å². The number of carbonyl (C=O) groups excluding carboxylic acids is 2. The van der Waals surface area contributed by atoms with Gasteiger partial charge in [0.25, 0.3) is 5.91 Å². The highest BCUT2D eigenvalue weighted by Crippen LogP contribution is 2.37. The van der Waals surface area contributed by atoms with Crippen molar-refractivity contribution in [1.29, 1.82) is 0 Å². The number of nitrogens with zero attached hydrogens (tertiary/aromatic N) is 2. The van der Waals surface area contributed by atoms with E-state index in [9.17, 15) is 9.59 Å². The molecule has 1 aliphatic rings. The van der Waals surface area contributed by atoms with Gasteiger partial charge in [-0.05, 0) is 42.5 Å². The van der Waals surface area contributed by atoms with Crippen LogP contribution in [0.1, 0.15) is 23.0 Å². The molecule has 2 aromatic carbocycles. The van der Waals surface area contributed by atoms with Crippen molar-refractivity contribution in [2.24, 2.45) is 0 Å². The highest BCUT2D eigenvalue weighted by atomic mass is 35.5. The minimum Gasteiger partial charge on any atom is -0.366 e. The fourth-order valence-electron chi connectivity index (χ4n) is 3.80. The Morgan fingerprint density at radius 3 is 2.41 bits per heavy atom. The van der Waals surface area contributed by atoms with E-state index >= 15 is 0 Å². The number of rotatable bonds is 4. The Kier molecular flexibility index (Phi) is 7.84. The molecule has 0 spiro atoms. The summed E-state index contributed by atoms with van der Waals surface area (Å²) in [6, 6.07) is 10.7. The lowest BCUT2D eigenvalue weighted by atomic mass is 10.2. The molecule has 1 aromatic heterocycles. The molecule has 11 heteroatoms. The number of hydrogen-bond acceptors (Lipinski definition) is 5. The first-order valence-electron chi connectivity index (χ1n) is 10.6. The minimum atomic E-state index is -0.407. The molecule has 6 nitrogen and oxygen atoms in total. The van der Waals surface area contributed by atoms with Crippen LogP contribution in [-0.4, -0.2) is 48.0 Å². The predicted molar refractivity (Wildman–Crippen MR) is 146 cm³/mol. The van der Waals surface area contributed by atoms with Crippen LogP contribution in [0, 0.1) is 0 Å². The number of fused-ring (bicyclic) bond motifs is 1. The average Bonchev–Trinajstić information content (AvgIpc) is 3.14. The first-order chi connectivity index (χ1) is 16.3. The first kappa shape index (κ1) is 25.0. The Labute approximate surface area is 221 Å². The maximum absolute atomic E-state index is 12.9. The minimum absolute atomic E-state index is 0.125. The average molecular weight is 556 g/mol. The van der Waals surface area contributed by atoms with E-state index in [1.807, 2.05) is 17.9 Å². The van der Waals surface area contributed by atoms with Crippen LogP contribution >= 0.6 is 58.4 Å². The molecule has 34 heavy (non-hydrogen) atoms. The zero-order chi connectivity index (χ0) is 24.4. The second-order valence-corrected chi connectivity index (χ2v) is 10.4. The standard InChI is InChI=1S/C23H21Cl3N4O2S2/c1-2-19(31)30-9-7-29(8-10-30)17-6-4-13(24)11-16(17)27-23(33)28-22(32)21-20(26)15-5-3-14(25)12-18(15)34-21/h3-6,11-12H,2,7-10H2,1H3,(H2,27,28,32,33). The van der Waals surface area contributed by atoms with Crippen LogP contribution in [0.4, 0.5) is 11.4 Å². The van der Waals surface area contributed by atoms with Gasteiger partial charge >= 0.3 is 0 Å². The summed E-state index contributed by atoms with van der Waals surface area (Å²) < 4.78 is 0.819. The number of hydrogen-bond donors (Lipinski definition) is 2. The third kappa shape index (κ3) is 5.42. The topological polar surface area (TPSA) is 64.7 Å². The van der Waals surface area contributed by atoms with Gasteiger partial charge in [0.2, 0.25) is 5.91 Å². The van der Waals surface area contributed by atoms with Crippen LogP contribution < -0.4 is 15.5 Å². The number of thiocarbonyl (C=S) groups is 1. The number of thiophene rings is 1. The van der Waals surface area contributed by atoms with E-state index in [-0.39, 0.29) is 11.0 Å². The summed E-state index contributed by atoms with van der Waals surface area (Å²) in [5.41, 5.74) is 1.56. The molecule has 0 bridgehead atoms. The largest absolute Gasteiger partial charge is 0.366 e. The van der Waals surface area contributed by atoms with Crippen molar-refractivity contribution in [2.45, 2.75) is 13.3 Å². The first-order valence-corrected chi connectivity index (χ1v) is 12.9. The summed E-state index contributed by atoms with van der Waals surface area (Å²) in [5.74, 6) is -0.254. The summed E-state index contributed by atoms with van der Waals surface area (Å²) >= 11 is 25.4. The summed E-state index contributed by atoms with van der Waals surface area (Å²) in [7, 11) is 0. The lowest BCUT2D eigenvalue weighted by Crippen LogP contribution is -2.48. The molecule has 178 valence electrons. The van der Waals surface area contributed by atoms with E-state index in [4.69, 9.17) is 47.0 Å². The zero-order valence-electron chi connectivity index (χ0n) is 18.2. The predicted octanol–water partition coefficient (Wildman–Crippen LogP) is 6.05. The number of nitrogens with one attached hydrogen (secondary N) is 2. The van der Waals surface area contributed by atoms with Gasteiger partial charge in [-0.25, -0.2) is 0 Å². The van der Waals surface area contributed by atoms with Gasteiger partial charge in [0, 0.05) is 52.7 Å². The monoisotopic (exact) mass is 554 g/mol. The van der Waals surface area contributed by atoms with Gasteiger partial charge in [-0.1, -0.05) is 47.8 Å². The van der Waals surface area contributed by atoms with Gasteiger partial charge in [0.05, 0.1) is 16.4 Å². The molecule has 1 saturated heterocycles. The smallest absolute Gasteiger partial charge is 0.269 e. The van der Waals surface area contributed by atoms with E-state index in [1.54, 1.807) is 30.3 Å². The lowest BCUT2D eigenvalue weighted by Gasteiger charge is -2.37. The van der Waals surface area contributed by atoms with Crippen molar-refractivity contribution in [2.75, 3.05) is 36.4 Å². The molecule has 0 saturated carbocycles. The Bertz CT molecular complexity index is 1270. The molecular formula is C23H21Cl3N4O2S2. The molecule has 1 aliphatic heterocycles.